The Kier molecular flexibility index (Phi) is 25.0. The molecule has 1 atom stereocenters. The second-order valence-corrected chi connectivity index (χ2v) is 9.61. The summed E-state index contributed by atoms with van der Waals surface area (Å²) < 4.78 is 0. The SMILES string of the molecule is CCCCCCCCCCCCCC(CBr)CCCCCCCCCCC. The van der Waals surface area contributed by atoms with E-state index in [4.69, 9.17) is 0 Å². The van der Waals surface area contributed by atoms with Crippen molar-refractivity contribution in [3.05, 3.63) is 0 Å². The van der Waals surface area contributed by atoms with E-state index in [0.717, 1.165) is 5.92 Å². The number of hydrogen-bond donors (Lipinski definition) is 0. The molecule has 164 valence electrons. The third kappa shape index (κ3) is 22.6. The Labute approximate surface area is 182 Å². The summed E-state index contributed by atoms with van der Waals surface area (Å²) >= 11 is 3.76. The standard InChI is InChI=1S/C26H53Br/c1-3-5-7-9-11-13-14-16-18-20-22-24-26(25-27)23-21-19-17-15-12-10-8-6-4-2/h26H,3-25H2,1-2H3. The van der Waals surface area contributed by atoms with Gasteiger partial charge in [-0.3, -0.25) is 0 Å². The minimum atomic E-state index is 0.938. The van der Waals surface area contributed by atoms with Crippen LogP contribution in [0.15, 0.2) is 0 Å². The van der Waals surface area contributed by atoms with Crippen LogP contribution in [0.2, 0.25) is 0 Å². The second-order valence-electron chi connectivity index (χ2n) is 8.96. The summed E-state index contributed by atoms with van der Waals surface area (Å²) in [5.41, 5.74) is 0. The highest BCUT2D eigenvalue weighted by molar-refractivity contribution is 9.09. The van der Waals surface area contributed by atoms with Gasteiger partial charge in [0.1, 0.15) is 0 Å². The first-order chi connectivity index (χ1) is 13.3. The molecule has 0 rings (SSSR count). The Morgan fingerprint density at radius 1 is 0.407 bits per heavy atom. The number of rotatable bonds is 23. The van der Waals surface area contributed by atoms with Crippen molar-refractivity contribution in [2.75, 3.05) is 5.33 Å². The van der Waals surface area contributed by atoms with Crippen molar-refractivity contribution in [2.24, 2.45) is 5.92 Å². The molecule has 1 unspecified atom stereocenters. The van der Waals surface area contributed by atoms with Crippen molar-refractivity contribution >= 4 is 15.9 Å². The van der Waals surface area contributed by atoms with Gasteiger partial charge in [0.2, 0.25) is 0 Å². The van der Waals surface area contributed by atoms with Crippen LogP contribution in [-0.4, -0.2) is 5.33 Å². The molecule has 0 aliphatic rings. The van der Waals surface area contributed by atoms with Crippen LogP contribution in [0.25, 0.3) is 0 Å². The van der Waals surface area contributed by atoms with Gasteiger partial charge >= 0.3 is 0 Å². The van der Waals surface area contributed by atoms with Gasteiger partial charge in [0.05, 0.1) is 0 Å². The Hall–Kier alpha value is 0.480. The second kappa shape index (κ2) is 24.5. The number of hydrogen-bond acceptors (Lipinski definition) is 0. The summed E-state index contributed by atoms with van der Waals surface area (Å²) in [4.78, 5) is 0. The van der Waals surface area contributed by atoms with E-state index < -0.39 is 0 Å². The first-order valence-corrected chi connectivity index (χ1v) is 14.0. The molecule has 1 heteroatoms. The van der Waals surface area contributed by atoms with Gasteiger partial charge in [-0.15, -0.1) is 0 Å². The van der Waals surface area contributed by atoms with Gasteiger partial charge in [0, 0.05) is 5.33 Å². The van der Waals surface area contributed by atoms with E-state index in [1.165, 1.54) is 147 Å². The lowest BCUT2D eigenvalue weighted by Crippen LogP contribution is -2.02. The van der Waals surface area contributed by atoms with E-state index in [1.54, 1.807) is 0 Å². The van der Waals surface area contributed by atoms with Crippen molar-refractivity contribution in [3.8, 4) is 0 Å². The lowest BCUT2D eigenvalue weighted by molar-refractivity contribution is 0.437. The van der Waals surface area contributed by atoms with Crippen LogP contribution < -0.4 is 0 Å². The van der Waals surface area contributed by atoms with Crippen LogP contribution in [0.5, 0.6) is 0 Å². The van der Waals surface area contributed by atoms with E-state index in [1.807, 2.05) is 0 Å². The van der Waals surface area contributed by atoms with Crippen LogP contribution in [0.3, 0.4) is 0 Å². The highest BCUT2D eigenvalue weighted by atomic mass is 79.9. The predicted molar refractivity (Wildman–Crippen MR) is 130 cm³/mol. The highest BCUT2D eigenvalue weighted by Gasteiger charge is 2.06. The van der Waals surface area contributed by atoms with Gasteiger partial charge in [0.15, 0.2) is 0 Å². The molecule has 0 amide bonds. The Bertz CT molecular complexity index is 251. The zero-order valence-electron chi connectivity index (χ0n) is 19.2. The van der Waals surface area contributed by atoms with Gasteiger partial charge in [-0.05, 0) is 18.8 Å². The minimum Gasteiger partial charge on any atom is -0.0925 e. The highest BCUT2D eigenvalue weighted by Crippen LogP contribution is 2.21. The monoisotopic (exact) mass is 444 g/mol. The fourth-order valence-electron chi connectivity index (χ4n) is 4.14. The summed E-state index contributed by atoms with van der Waals surface area (Å²) in [6.07, 6.45) is 32.1. The normalized spacial score (nSPS) is 12.6. The third-order valence-corrected chi connectivity index (χ3v) is 7.07. The Morgan fingerprint density at radius 3 is 0.926 bits per heavy atom. The molecule has 0 heterocycles. The molecule has 0 bridgehead atoms. The molecular weight excluding hydrogens is 392 g/mol. The van der Waals surface area contributed by atoms with Gasteiger partial charge in [-0.1, -0.05) is 158 Å². The van der Waals surface area contributed by atoms with Crippen LogP contribution in [-0.2, 0) is 0 Å². The maximum absolute atomic E-state index is 3.76. The molecule has 0 saturated carbocycles. The average Bonchev–Trinajstić information content (AvgIpc) is 2.69. The lowest BCUT2D eigenvalue weighted by Gasteiger charge is -2.13. The molecule has 0 radical (unpaired) electrons. The maximum Gasteiger partial charge on any atom is 0.00596 e. The predicted octanol–water partition coefficient (Wildman–Crippen LogP) is 10.6. The fourth-order valence-corrected chi connectivity index (χ4v) is 4.79. The number of unbranched alkanes of at least 4 members (excludes halogenated alkanes) is 18. The summed E-state index contributed by atoms with van der Waals surface area (Å²) in [5, 5.41) is 1.22. The van der Waals surface area contributed by atoms with Crippen LogP contribution in [0.4, 0.5) is 0 Å². The first kappa shape index (κ1) is 27.5. The Balaban J connectivity index is 3.27. The van der Waals surface area contributed by atoms with Crippen LogP contribution in [0, 0.1) is 5.92 Å². The van der Waals surface area contributed by atoms with Crippen molar-refractivity contribution < 1.29 is 0 Å². The number of alkyl halides is 1. The van der Waals surface area contributed by atoms with Crippen molar-refractivity contribution in [1.29, 1.82) is 0 Å². The van der Waals surface area contributed by atoms with Crippen molar-refractivity contribution in [2.45, 2.75) is 155 Å². The summed E-state index contributed by atoms with van der Waals surface area (Å²) in [5.74, 6) is 0.938. The molecule has 0 aromatic rings. The maximum atomic E-state index is 3.76. The zero-order valence-corrected chi connectivity index (χ0v) is 20.8. The molecule has 0 aliphatic carbocycles. The molecule has 0 saturated heterocycles. The van der Waals surface area contributed by atoms with Gasteiger partial charge in [-0.25, -0.2) is 0 Å². The smallest absolute Gasteiger partial charge is 0.00596 e. The van der Waals surface area contributed by atoms with E-state index >= 15 is 0 Å². The quantitative estimate of drug-likeness (QED) is 0.108. The van der Waals surface area contributed by atoms with E-state index in [2.05, 4.69) is 29.8 Å². The topological polar surface area (TPSA) is 0 Å². The Morgan fingerprint density at radius 2 is 0.667 bits per heavy atom. The lowest BCUT2D eigenvalue weighted by atomic mass is 9.95. The molecule has 0 N–H and O–H groups in total. The molecule has 0 spiro atoms. The average molecular weight is 446 g/mol. The van der Waals surface area contributed by atoms with Gasteiger partial charge < -0.3 is 0 Å². The first-order valence-electron chi connectivity index (χ1n) is 12.9. The largest absolute Gasteiger partial charge is 0.0925 e. The van der Waals surface area contributed by atoms with Crippen LogP contribution in [0.1, 0.15) is 155 Å². The van der Waals surface area contributed by atoms with E-state index in [0.29, 0.717) is 0 Å². The molecule has 0 aromatic heterocycles. The van der Waals surface area contributed by atoms with E-state index in [9.17, 15) is 0 Å². The summed E-state index contributed by atoms with van der Waals surface area (Å²) in [7, 11) is 0. The van der Waals surface area contributed by atoms with E-state index in [-0.39, 0.29) is 0 Å². The summed E-state index contributed by atoms with van der Waals surface area (Å²) in [6, 6.07) is 0. The zero-order chi connectivity index (χ0) is 19.8. The van der Waals surface area contributed by atoms with Gasteiger partial charge in [-0.2, -0.15) is 0 Å². The molecule has 0 nitrogen and oxygen atoms in total. The van der Waals surface area contributed by atoms with Gasteiger partial charge in [0.25, 0.3) is 0 Å². The number of halogens is 1. The molecule has 0 aromatic carbocycles. The third-order valence-electron chi connectivity index (χ3n) is 6.15. The minimum absolute atomic E-state index is 0.938. The molecule has 0 fully saturated rings. The summed E-state index contributed by atoms with van der Waals surface area (Å²) in [6.45, 7) is 4.60. The fraction of sp³-hybridized carbons (Fsp3) is 1.00. The molecule has 27 heavy (non-hydrogen) atoms. The van der Waals surface area contributed by atoms with Crippen molar-refractivity contribution in [1.82, 2.24) is 0 Å². The van der Waals surface area contributed by atoms with Crippen LogP contribution >= 0.6 is 15.9 Å². The molecular formula is C26H53Br. The molecule has 0 aliphatic heterocycles. The van der Waals surface area contributed by atoms with Crippen molar-refractivity contribution in [3.63, 3.8) is 0 Å².